The molecule has 2 rings (SSSR count). The molecule has 6 nitrogen and oxygen atoms in total. The Morgan fingerprint density at radius 1 is 1.50 bits per heavy atom. The highest BCUT2D eigenvalue weighted by molar-refractivity contribution is 5.78. The summed E-state index contributed by atoms with van der Waals surface area (Å²) in [5, 5.41) is 4.15. The smallest absolute Gasteiger partial charge is 0.325 e. The zero-order chi connectivity index (χ0) is 13.1. The van der Waals surface area contributed by atoms with Crippen LogP contribution >= 0.6 is 0 Å². The van der Waals surface area contributed by atoms with Crippen LogP contribution in [0.3, 0.4) is 0 Å². The minimum absolute atomic E-state index is 0.137. The van der Waals surface area contributed by atoms with Gasteiger partial charge in [-0.05, 0) is 19.9 Å². The van der Waals surface area contributed by atoms with Crippen LogP contribution in [0.25, 0.3) is 5.52 Å². The van der Waals surface area contributed by atoms with E-state index in [1.54, 1.807) is 23.1 Å². The SMILES string of the molecule is COC(=O)CN(c1nccn2nccc12)C(C)C. The van der Waals surface area contributed by atoms with Crippen LogP contribution in [0.1, 0.15) is 13.8 Å². The van der Waals surface area contributed by atoms with Gasteiger partial charge in [-0.25, -0.2) is 9.50 Å². The fourth-order valence-corrected chi connectivity index (χ4v) is 1.77. The van der Waals surface area contributed by atoms with Crippen LogP contribution in [-0.4, -0.2) is 40.3 Å². The highest BCUT2D eigenvalue weighted by Crippen LogP contribution is 2.20. The van der Waals surface area contributed by atoms with Crippen LogP contribution in [-0.2, 0) is 9.53 Å². The van der Waals surface area contributed by atoms with Gasteiger partial charge in [0.05, 0.1) is 13.3 Å². The van der Waals surface area contributed by atoms with Gasteiger partial charge in [-0.2, -0.15) is 5.10 Å². The van der Waals surface area contributed by atoms with E-state index in [1.165, 1.54) is 7.11 Å². The van der Waals surface area contributed by atoms with Crippen LogP contribution in [0.5, 0.6) is 0 Å². The normalized spacial score (nSPS) is 10.9. The molecule has 0 N–H and O–H groups in total. The van der Waals surface area contributed by atoms with E-state index >= 15 is 0 Å². The standard InChI is InChI=1S/C12H16N4O2/c1-9(2)15(8-11(17)18-3)12-10-4-5-14-16(10)7-6-13-12/h4-7,9H,8H2,1-3H3. The summed E-state index contributed by atoms with van der Waals surface area (Å²) in [6, 6.07) is 2.01. The first-order valence-electron chi connectivity index (χ1n) is 5.75. The average molecular weight is 248 g/mol. The Balaban J connectivity index is 2.41. The second kappa shape index (κ2) is 5.03. The van der Waals surface area contributed by atoms with Crippen LogP contribution in [0.4, 0.5) is 5.82 Å². The van der Waals surface area contributed by atoms with Gasteiger partial charge in [0.1, 0.15) is 12.1 Å². The summed E-state index contributed by atoms with van der Waals surface area (Å²) in [5.74, 6) is 0.447. The minimum Gasteiger partial charge on any atom is -0.468 e. The molecule has 0 radical (unpaired) electrons. The minimum atomic E-state index is -0.285. The van der Waals surface area contributed by atoms with Crippen LogP contribution in [0.15, 0.2) is 24.7 Å². The predicted molar refractivity (Wildman–Crippen MR) is 67.5 cm³/mol. The molecule has 2 heterocycles. The first-order valence-corrected chi connectivity index (χ1v) is 5.75. The Labute approximate surface area is 105 Å². The third-order valence-corrected chi connectivity index (χ3v) is 2.73. The van der Waals surface area contributed by atoms with Gasteiger partial charge in [0.25, 0.3) is 0 Å². The number of rotatable bonds is 4. The third kappa shape index (κ3) is 2.27. The maximum Gasteiger partial charge on any atom is 0.325 e. The first kappa shape index (κ1) is 12.3. The number of carbonyl (C=O) groups excluding carboxylic acids is 1. The average Bonchev–Trinajstić information content (AvgIpc) is 2.83. The molecule has 0 saturated carbocycles. The zero-order valence-electron chi connectivity index (χ0n) is 10.7. The Kier molecular flexibility index (Phi) is 3.45. The summed E-state index contributed by atoms with van der Waals surface area (Å²) in [7, 11) is 1.38. The molecule has 0 fully saturated rings. The number of fused-ring (bicyclic) bond motifs is 1. The molecule has 2 aromatic rings. The Bertz CT molecular complexity index is 550. The van der Waals surface area contributed by atoms with Crippen molar-refractivity contribution in [3.05, 3.63) is 24.7 Å². The molecule has 2 aromatic heterocycles. The van der Waals surface area contributed by atoms with Crippen molar-refractivity contribution in [3.63, 3.8) is 0 Å². The van der Waals surface area contributed by atoms with E-state index in [4.69, 9.17) is 4.74 Å². The topological polar surface area (TPSA) is 59.7 Å². The van der Waals surface area contributed by atoms with E-state index < -0.39 is 0 Å². The Morgan fingerprint density at radius 2 is 2.28 bits per heavy atom. The van der Waals surface area contributed by atoms with Crippen LogP contribution in [0.2, 0.25) is 0 Å². The highest BCUT2D eigenvalue weighted by Gasteiger charge is 2.19. The molecule has 0 aliphatic carbocycles. The molecule has 18 heavy (non-hydrogen) atoms. The molecule has 0 amide bonds. The molecule has 0 atom stereocenters. The van der Waals surface area contributed by atoms with Crippen molar-refractivity contribution in [2.45, 2.75) is 19.9 Å². The number of hydrogen-bond acceptors (Lipinski definition) is 5. The molecular weight excluding hydrogens is 232 g/mol. The molecule has 0 spiro atoms. The molecule has 0 aromatic carbocycles. The monoisotopic (exact) mass is 248 g/mol. The number of hydrogen-bond donors (Lipinski definition) is 0. The lowest BCUT2D eigenvalue weighted by atomic mass is 10.3. The number of methoxy groups -OCH3 is 1. The van der Waals surface area contributed by atoms with E-state index in [0.717, 1.165) is 11.3 Å². The van der Waals surface area contributed by atoms with Crippen molar-refractivity contribution in [1.29, 1.82) is 0 Å². The second-order valence-corrected chi connectivity index (χ2v) is 4.21. The first-order chi connectivity index (χ1) is 8.63. The summed E-state index contributed by atoms with van der Waals surface area (Å²) in [5.41, 5.74) is 0.870. The highest BCUT2D eigenvalue weighted by atomic mass is 16.5. The van der Waals surface area contributed by atoms with Crippen molar-refractivity contribution < 1.29 is 9.53 Å². The number of esters is 1. The predicted octanol–water partition coefficient (Wildman–Crippen LogP) is 1.12. The van der Waals surface area contributed by atoms with Crippen LogP contribution < -0.4 is 4.90 Å². The molecule has 6 heteroatoms. The van der Waals surface area contributed by atoms with Crippen molar-refractivity contribution in [2.24, 2.45) is 0 Å². The maximum absolute atomic E-state index is 11.5. The molecule has 0 aliphatic heterocycles. The summed E-state index contributed by atoms with van der Waals surface area (Å²) >= 11 is 0. The number of aromatic nitrogens is 3. The quantitative estimate of drug-likeness (QED) is 0.759. The lowest BCUT2D eigenvalue weighted by molar-refractivity contribution is -0.139. The lowest BCUT2D eigenvalue weighted by Crippen LogP contribution is -2.37. The van der Waals surface area contributed by atoms with Gasteiger partial charge in [-0.1, -0.05) is 0 Å². The van der Waals surface area contributed by atoms with Gasteiger partial charge in [0.2, 0.25) is 0 Å². The molecule has 96 valence electrons. The molecule has 0 aliphatic rings. The number of ether oxygens (including phenoxy) is 1. The molecule has 0 saturated heterocycles. The molecule has 0 unspecified atom stereocenters. The van der Waals surface area contributed by atoms with Gasteiger partial charge in [0, 0.05) is 18.4 Å². The molecule has 0 bridgehead atoms. The van der Waals surface area contributed by atoms with Gasteiger partial charge < -0.3 is 9.64 Å². The zero-order valence-corrected chi connectivity index (χ0v) is 10.7. The summed E-state index contributed by atoms with van der Waals surface area (Å²) in [6.07, 6.45) is 5.15. The summed E-state index contributed by atoms with van der Waals surface area (Å²) in [4.78, 5) is 17.7. The van der Waals surface area contributed by atoms with Gasteiger partial charge in [-0.3, -0.25) is 4.79 Å². The van der Waals surface area contributed by atoms with E-state index in [-0.39, 0.29) is 18.6 Å². The lowest BCUT2D eigenvalue weighted by Gasteiger charge is -2.26. The van der Waals surface area contributed by atoms with Crippen molar-refractivity contribution in [1.82, 2.24) is 14.6 Å². The number of nitrogens with zero attached hydrogens (tertiary/aromatic N) is 4. The van der Waals surface area contributed by atoms with E-state index in [0.29, 0.717) is 0 Å². The fourth-order valence-electron chi connectivity index (χ4n) is 1.77. The summed E-state index contributed by atoms with van der Waals surface area (Å²) in [6.45, 7) is 4.18. The maximum atomic E-state index is 11.5. The number of anilines is 1. The van der Waals surface area contributed by atoms with Crippen molar-refractivity contribution in [3.8, 4) is 0 Å². The third-order valence-electron chi connectivity index (χ3n) is 2.73. The Morgan fingerprint density at radius 3 is 2.94 bits per heavy atom. The fraction of sp³-hybridized carbons (Fsp3) is 0.417. The summed E-state index contributed by atoms with van der Waals surface area (Å²) < 4.78 is 6.45. The van der Waals surface area contributed by atoms with E-state index in [1.807, 2.05) is 24.8 Å². The van der Waals surface area contributed by atoms with Crippen molar-refractivity contribution in [2.75, 3.05) is 18.6 Å². The largest absolute Gasteiger partial charge is 0.468 e. The number of carbonyl (C=O) groups is 1. The second-order valence-electron chi connectivity index (χ2n) is 4.21. The van der Waals surface area contributed by atoms with Crippen molar-refractivity contribution >= 4 is 17.3 Å². The van der Waals surface area contributed by atoms with Gasteiger partial charge >= 0.3 is 5.97 Å². The van der Waals surface area contributed by atoms with E-state index in [9.17, 15) is 4.79 Å². The van der Waals surface area contributed by atoms with Gasteiger partial charge in [0.15, 0.2) is 5.82 Å². The van der Waals surface area contributed by atoms with Crippen LogP contribution in [0, 0.1) is 0 Å². The molecular formula is C12H16N4O2. The Hall–Kier alpha value is -2.11. The van der Waals surface area contributed by atoms with Gasteiger partial charge in [-0.15, -0.1) is 0 Å². The van der Waals surface area contributed by atoms with E-state index in [2.05, 4.69) is 10.1 Å².